The fourth-order valence-electron chi connectivity index (χ4n) is 4.18. The van der Waals surface area contributed by atoms with E-state index in [0.29, 0.717) is 5.57 Å². The van der Waals surface area contributed by atoms with Crippen LogP contribution in [0.3, 0.4) is 0 Å². The predicted octanol–water partition coefficient (Wildman–Crippen LogP) is 4.98. The zero-order chi connectivity index (χ0) is 18.4. The Kier molecular flexibility index (Phi) is 3.70. The minimum absolute atomic E-state index is 0.194. The Morgan fingerprint density at radius 1 is 0.962 bits per heavy atom. The quantitative estimate of drug-likeness (QED) is 0.679. The number of allylic oxidation sites excluding steroid dienone is 1. The lowest BCUT2D eigenvalue weighted by Crippen LogP contribution is -2.22. The van der Waals surface area contributed by atoms with Crippen LogP contribution in [-0.2, 0) is 0 Å². The number of rotatable bonds is 1. The van der Waals surface area contributed by atoms with Crippen LogP contribution in [0.1, 0.15) is 33.7 Å². The fraction of sp³-hybridized carbons (Fsp3) is 0.174. The average molecular weight is 340 g/mol. The molecule has 1 aliphatic heterocycles. The predicted molar refractivity (Wildman–Crippen MR) is 104 cm³/mol. The van der Waals surface area contributed by atoms with Crippen molar-refractivity contribution in [3.8, 4) is 11.8 Å². The van der Waals surface area contributed by atoms with Crippen molar-refractivity contribution in [1.82, 2.24) is 0 Å². The standard InChI is InChI=1S/C23H20N2O/c1-13-10-14(2)20(15(3)11-13)22-18(12-24)23(25)26-19-9-8-16-6-4-5-7-17(16)21(19)22/h4-11,22H,25H2,1-3H3. The molecule has 0 bridgehead atoms. The fourth-order valence-corrected chi connectivity index (χ4v) is 4.18. The Morgan fingerprint density at radius 2 is 1.65 bits per heavy atom. The van der Waals surface area contributed by atoms with E-state index in [4.69, 9.17) is 10.5 Å². The van der Waals surface area contributed by atoms with E-state index in [1.165, 1.54) is 5.56 Å². The van der Waals surface area contributed by atoms with Crippen molar-refractivity contribution >= 4 is 10.8 Å². The number of nitriles is 1. The zero-order valence-corrected chi connectivity index (χ0v) is 15.1. The molecule has 3 nitrogen and oxygen atoms in total. The highest BCUT2D eigenvalue weighted by Crippen LogP contribution is 2.47. The highest BCUT2D eigenvalue weighted by Gasteiger charge is 2.33. The molecule has 3 aromatic carbocycles. The van der Waals surface area contributed by atoms with Gasteiger partial charge in [0, 0.05) is 5.56 Å². The Hall–Kier alpha value is -3.25. The highest BCUT2D eigenvalue weighted by atomic mass is 16.5. The molecule has 2 N–H and O–H groups in total. The van der Waals surface area contributed by atoms with Gasteiger partial charge in [-0.1, -0.05) is 48.0 Å². The first-order valence-electron chi connectivity index (χ1n) is 8.68. The zero-order valence-electron chi connectivity index (χ0n) is 15.1. The first-order valence-corrected chi connectivity index (χ1v) is 8.68. The summed E-state index contributed by atoms with van der Waals surface area (Å²) in [5.41, 5.74) is 12.3. The van der Waals surface area contributed by atoms with Crippen LogP contribution in [0.2, 0.25) is 0 Å². The van der Waals surface area contributed by atoms with Gasteiger partial charge in [-0.15, -0.1) is 0 Å². The number of fused-ring (bicyclic) bond motifs is 3. The SMILES string of the molecule is Cc1cc(C)c(C2C(C#N)=C(N)Oc3ccc4ccccc4c32)c(C)c1. The van der Waals surface area contributed by atoms with Crippen molar-refractivity contribution in [2.45, 2.75) is 26.7 Å². The van der Waals surface area contributed by atoms with Crippen molar-refractivity contribution in [2.75, 3.05) is 0 Å². The molecule has 128 valence electrons. The third-order valence-electron chi connectivity index (χ3n) is 5.14. The van der Waals surface area contributed by atoms with E-state index in [1.807, 2.05) is 24.3 Å². The average Bonchev–Trinajstić information content (AvgIpc) is 2.60. The van der Waals surface area contributed by atoms with Gasteiger partial charge < -0.3 is 10.5 Å². The summed E-state index contributed by atoms with van der Waals surface area (Å²) >= 11 is 0. The van der Waals surface area contributed by atoms with Crippen LogP contribution in [0.4, 0.5) is 0 Å². The molecule has 0 saturated heterocycles. The molecule has 0 radical (unpaired) electrons. The molecule has 0 spiro atoms. The molecule has 1 atom stereocenters. The molecule has 1 heterocycles. The Labute approximate surface area is 153 Å². The Balaban J connectivity index is 2.12. The number of ether oxygens (including phenoxy) is 1. The summed E-state index contributed by atoms with van der Waals surface area (Å²) in [6.07, 6.45) is 0. The van der Waals surface area contributed by atoms with Gasteiger partial charge in [-0.05, 0) is 54.3 Å². The van der Waals surface area contributed by atoms with Gasteiger partial charge in [-0.3, -0.25) is 0 Å². The maximum Gasteiger partial charge on any atom is 0.205 e. The van der Waals surface area contributed by atoms with Gasteiger partial charge in [0.05, 0.1) is 5.92 Å². The van der Waals surface area contributed by atoms with Crippen LogP contribution in [0.5, 0.6) is 5.75 Å². The monoisotopic (exact) mass is 340 g/mol. The van der Waals surface area contributed by atoms with Crippen molar-refractivity contribution in [3.63, 3.8) is 0 Å². The maximum absolute atomic E-state index is 9.86. The Bertz CT molecular complexity index is 1100. The van der Waals surface area contributed by atoms with Crippen LogP contribution in [0.15, 0.2) is 60.0 Å². The molecule has 1 aliphatic rings. The highest BCUT2D eigenvalue weighted by molar-refractivity contribution is 5.90. The number of nitrogens with zero attached hydrogens (tertiary/aromatic N) is 1. The third kappa shape index (κ3) is 2.34. The van der Waals surface area contributed by atoms with Gasteiger partial charge in [-0.2, -0.15) is 5.26 Å². The lowest BCUT2D eigenvalue weighted by atomic mass is 9.77. The second-order valence-corrected chi connectivity index (χ2v) is 6.94. The van der Waals surface area contributed by atoms with Crippen LogP contribution < -0.4 is 10.5 Å². The normalized spacial score (nSPS) is 16.2. The van der Waals surface area contributed by atoms with Gasteiger partial charge >= 0.3 is 0 Å². The van der Waals surface area contributed by atoms with E-state index in [9.17, 15) is 5.26 Å². The summed E-state index contributed by atoms with van der Waals surface area (Å²) in [7, 11) is 0. The van der Waals surface area contributed by atoms with Crippen LogP contribution in [0, 0.1) is 32.1 Å². The topological polar surface area (TPSA) is 59.0 Å². The van der Waals surface area contributed by atoms with E-state index in [2.05, 4.69) is 51.1 Å². The second-order valence-electron chi connectivity index (χ2n) is 6.94. The molecule has 1 unspecified atom stereocenters. The second kappa shape index (κ2) is 5.93. The first-order chi connectivity index (χ1) is 12.5. The summed E-state index contributed by atoms with van der Waals surface area (Å²) in [6.45, 7) is 6.29. The molecule has 26 heavy (non-hydrogen) atoms. The summed E-state index contributed by atoms with van der Waals surface area (Å²) < 4.78 is 5.83. The summed E-state index contributed by atoms with van der Waals surface area (Å²) in [4.78, 5) is 0. The largest absolute Gasteiger partial charge is 0.440 e. The number of hydrogen-bond acceptors (Lipinski definition) is 3. The van der Waals surface area contributed by atoms with Gasteiger partial charge in [0.2, 0.25) is 5.88 Å². The lowest BCUT2D eigenvalue weighted by molar-refractivity contribution is 0.395. The molecule has 3 aromatic rings. The summed E-state index contributed by atoms with van der Waals surface area (Å²) in [6, 6.07) is 18.8. The van der Waals surface area contributed by atoms with Crippen molar-refractivity contribution in [2.24, 2.45) is 5.73 Å². The van der Waals surface area contributed by atoms with Crippen LogP contribution in [-0.4, -0.2) is 0 Å². The van der Waals surface area contributed by atoms with Crippen molar-refractivity contribution in [1.29, 1.82) is 5.26 Å². The third-order valence-corrected chi connectivity index (χ3v) is 5.14. The molecule has 0 saturated carbocycles. The van der Waals surface area contributed by atoms with E-state index >= 15 is 0 Å². The maximum atomic E-state index is 9.86. The number of aryl methyl sites for hydroxylation is 3. The van der Waals surface area contributed by atoms with Crippen molar-refractivity contribution < 1.29 is 4.74 Å². The number of nitrogens with two attached hydrogens (primary N) is 1. The van der Waals surface area contributed by atoms with E-state index < -0.39 is 0 Å². The van der Waals surface area contributed by atoms with Crippen LogP contribution >= 0.6 is 0 Å². The number of hydrogen-bond donors (Lipinski definition) is 1. The lowest BCUT2D eigenvalue weighted by Gasteiger charge is -2.30. The number of benzene rings is 3. The van der Waals surface area contributed by atoms with E-state index in [-0.39, 0.29) is 11.8 Å². The molecular formula is C23H20N2O. The minimum atomic E-state index is -0.226. The van der Waals surface area contributed by atoms with Crippen molar-refractivity contribution in [3.05, 3.63) is 87.8 Å². The Morgan fingerprint density at radius 3 is 2.35 bits per heavy atom. The molecular weight excluding hydrogens is 320 g/mol. The molecule has 3 heteroatoms. The smallest absolute Gasteiger partial charge is 0.205 e. The summed E-state index contributed by atoms with van der Waals surface area (Å²) in [5.74, 6) is 0.694. The van der Waals surface area contributed by atoms with Gasteiger partial charge in [0.15, 0.2) is 0 Å². The minimum Gasteiger partial charge on any atom is -0.440 e. The van der Waals surface area contributed by atoms with Crippen LogP contribution in [0.25, 0.3) is 10.8 Å². The van der Waals surface area contributed by atoms with Gasteiger partial charge in [0.25, 0.3) is 0 Å². The molecule has 0 amide bonds. The van der Waals surface area contributed by atoms with Gasteiger partial charge in [0.1, 0.15) is 17.4 Å². The van der Waals surface area contributed by atoms with E-state index in [1.54, 1.807) is 0 Å². The first kappa shape index (κ1) is 16.2. The molecule has 0 aliphatic carbocycles. The molecule has 0 aromatic heterocycles. The molecule has 0 fully saturated rings. The summed E-state index contributed by atoms with van der Waals surface area (Å²) in [5, 5.41) is 12.1. The molecule has 4 rings (SSSR count). The van der Waals surface area contributed by atoms with Gasteiger partial charge in [-0.25, -0.2) is 0 Å². The van der Waals surface area contributed by atoms with E-state index in [0.717, 1.165) is 38.8 Å².